The van der Waals surface area contributed by atoms with E-state index in [9.17, 15) is 8.78 Å². The molecular formula is C23H28F2O2. The van der Waals surface area contributed by atoms with Crippen LogP contribution >= 0.6 is 0 Å². The highest BCUT2D eigenvalue weighted by Gasteiger charge is 2.19. The molecule has 1 aliphatic heterocycles. The van der Waals surface area contributed by atoms with Crippen LogP contribution in [0.4, 0.5) is 8.78 Å². The molecule has 0 unspecified atom stereocenters. The second-order valence-corrected chi connectivity index (χ2v) is 7.61. The van der Waals surface area contributed by atoms with E-state index in [0.29, 0.717) is 24.3 Å². The lowest BCUT2D eigenvalue weighted by Gasteiger charge is -2.27. The number of benzene rings is 2. The Morgan fingerprint density at radius 2 is 1.59 bits per heavy atom. The first-order chi connectivity index (χ1) is 12.9. The van der Waals surface area contributed by atoms with Gasteiger partial charge in [0.15, 0.2) is 6.29 Å². The zero-order chi connectivity index (χ0) is 19.4. The highest BCUT2D eigenvalue weighted by molar-refractivity contribution is 5.33. The molecule has 0 N–H and O–H groups in total. The lowest BCUT2D eigenvalue weighted by atomic mass is 9.95. The highest BCUT2D eigenvalue weighted by atomic mass is 19.1. The topological polar surface area (TPSA) is 18.5 Å². The molecule has 2 aromatic carbocycles. The zero-order valence-corrected chi connectivity index (χ0v) is 16.4. The molecule has 1 fully saturated rings. The van der Waals surface area contributed by atoms with E-state index < -0.39 is 11.6 Å². The second-order valence-electron chi connectivity index (χ2n) is 7.61. The van der Waals surface area contributed by atoms with E-state index in [2.05, 4.69) is 25.1 Å². The van der Waals surface area contributed by atoms with Crippen LogP contribution in [0.5, 0.6) is 0 Å². The third-order valence-corrected chi connectivity index (χ3v) is 5.31. The number of hydrogen-bond donors (Lipinski definition) is 0. The third-order valence-electron chi connectivity index (χ3n) is 5.31. The Morgan fingerprint density at radius 3 is 2.22 bits per heavy atom. The van der Waals surface area contributed by atoms with Gasteiger partial charge < -0.3 is 9.47 Å². The minimum atomic E-state index is -0.451. The van der Waals surface area contributed by atoms with E-state index in [4.69, 9.17) is 9.47 Å². The van der Waals surface area contributed by atoms with Gasteiger partial charge in [0.1, 0.15) is 11.6 Å². The summed E-state index contributed by atoms with van der Waals surface area (Å²) in [6.07, 6.45) is 2.92. The largest absolute Gasteiger partial charge is 0.353 e. The predicted octanol–water partition coefficient (Wildman–Crippen LogP) is 5.31. The maximum atomic E-state index is 14.0. The summed E-state index contributed by atoms with van der Waals surface area (Å²) in [5, 5.41) is 0. The number of halogens is 2. The van der Waals surface area contributed by atoms with Gasteiger partial charge in [0, 0.05) is 11.5 Å². The summed E-state index contributed by atoms with van der Waals surface area (Å²) in [5.74, 6) is -0.463. The van der Waals surface area contributed by atoms with Gasteiger partial charge in [-0.15, -0.1) is 0 Å². The molecule has 0 saturated carbocycles. The molecule has 4 heteroatoms. The Morgan fingerprint density at radius 1 is 0.926 bits per heavy atom. The highest BCUT2D eigenvalue weighted by Crippen LogP contribution is 2.21. The van der Waals surface area contributed by atoms with Crippen LogP contribution in [-0.4, -0.2) is 19.5 Å². The minimum Gasteiger partial charge on any atom is -0.353 e. The van der Waals surface area contributed by atoms with Gasteiger partial charge in [0.25, 0.3) is 0 Å². The Balaban J connectivity index is 1.57. The van der Waals surface area contributed by atoms with Crippen LogP contribution in [0.15, 0.2) is 30.3 Å². The zero-order valence-electron chi connectivity index (χ0n) is 16.4. The summed E-state index contributed by atoms with van der Waals surface area (Å²) in [7, 11) is 0. The maximum absolute atomic E-state index is 14.0. The van der Waals surface area contributed by atoms with Crippen molar-refractivity contribution in [2.45, 2.75) is 52.7 Å². The molecule has 2 nitrogen and oxygen atoms in total. The molecule has 0 radical (unpaired) electrons. The first kappa shape index (κ1) is 20.0. The van der Waals surface area contributed by atoms with Gasteiger partial charge in [-0.1, -0.05) is 18.2 Å². The van der Waals surface area contributed by atoms with Gasteiger partial charge in [-0.25, -0.2) is 8.78 Å². The maximum Gasteiger partial charge on any atom is 0.154 e. The van der Waals surface area contributed by atoms with Crippen LogP contribution < -0.4 is 0 Å². The lowest BCUT2D eigenvalue weighted by Crippen LogP contribution is -2.30. The van der Waals surface area contributed by atoms with Crippen LogP contribution in [0, 0.1) is 31.4 Å². The molecule has 27 heavy (non-hydrogen) atoms. The second kappa shape index (κ2) is 8.94. The molecule has 0 aliphatic carbocycles. The Hall–Kier alpha value is -1.78. The molecule has 2 aromatic rings. The Bertz CT molecular complexity index is 757. The van der Waals surface area contributed by atoms with Crippen molar-refractivity contribution < 1.29 is 18.3 Å². The molecule has 0 amide bonds. The van der Waals surface area contributed by atoms with E-state index in [1.165, 1.54) is 23.3 Å². The molecule has 1 heterocycles. The summed E-state index contributed by atoms with van der Waals surface area (Å²) < 4.78 is 39.1. The average Bonchev–Trinajstić information content (AvgIpc) is 2.61. The summed E-state index contributed by atoms with van der Waals surface area (Å²) in [5.41, 5.74) is 4.37. The van der Waals surface area contributed by atoms with Crippen LogP contribution in [0.3, 0.4) is 0 Å². The Kier molecular flexibility index (Phi) is 6.61. The van der Waals surface area contributed by atoms with Gasteiger partial charge in [-0.3, -0.25) is 0 Å². The van der Waals surface area contributed by atoms with Gasteiger partial charge >= 0.3 is 0 Å². The van der Waals surface area contributed by atoms with Crippen molar-refractivity contribution in [2.24, 2.45) is 5.92 Å². The number of hydrogen-bond acceptors (Lipinski definition) is 2. The summed E-state index contributed by atoms with van der Waals surface area (Å²) >= 11 is 0. The standard InChI is InChI=1S/C23H28F2O2/c1-15-10-22(24)21(23(25)11-15)9-8-20-7-6-18(12-16(20)2)4-5-19-13-26-17(3)27-14-19/h6-7,10-12,17,19H,4-5,8-9,13-14H2,1-3H3. The van der Waals surface area contributed by atoms with Crippen molar-refractivity contribution >= 4 is 0 Å². The predicted molar refractivity (Wildman–Crippen MR) is 103 cm³/mol. The smallest absolute Gasteiger partial charge is 0.154 e. The SMILES string of the molecule is Cc1cc(F)c(CCc2ccc(CCC3COC(C)OC3)cc2C)c(F)c1. The summed E-state index contributed by atoms with van der Waals surface area (Å²) in [6, 6.07) is 9.19. The fourth-order valence-electron chi connectivity index (χ4n) is 3.60. The molecule has 0 atom stereocenters. The molecule has 1 saturated heterocycles. The van der Waals surface area contributed by atoms with Crippen molar-refractivity contribution in [1.29, 1.82) is 0 Å². The first-order valence-electron chi connectivity index (χ1n) is 9.68. The van der Waals surface area contributed by atoms with Gasteiger partial charge in [0.2, 0.25) is 0 Å². The van der Waals surface area contributed by atoms with Gasteiger partial charge in [-0.2, -0.15) is 0 Å². The minimum absolute atomic E-state index is 0.0917. The molecule has 0 bridgehead atoms. The van der Waals surface area contributed by atoms with E-state index >= 15 is 0 Å². The van der Waals surface area contributed by atoms with E-state index in [-0.39, 0.29) is 11.9 Å². The first-order valence-corrected chi connectivity index (χ1v) is 9.68. The number of aryl methyl sites for hydroxylation is 4. The lowest BCUT2D eigenvalue weighted by molar-refractivity contribution is -0.190. The van der Waals surface area contributed by atoms with Crippen LogP contribution in [-0.2, 0) is 28.7 Å². The normalized spacial score (nSPS) is 20.0. The monoisotopic (exact) mass is 374 g/mol. The van der Waals surface area contributed by atoms with Crippen molar-refractivity contribution in [1.82, 2.24) is 0 Å². The Labute approximate surface area is 160 Å². The molecule has 0 spiro atoms. The van der Waals surface area contributed by atoms with E-state index in [0.717, 1.165) is 31.6 Å². The van der Waals surface area contributed by atoms with Gasteiger partial charge in [-0.05, 0) is 80.8 Å². The van der Waals surface area contributed by atoms with Crippen LogP contribution in [0.1, 0.15) is 41.2 Å². The fourth-order valence-corrected chi connectivity index (χ4v) is 3.60. The van der Waals surface area contributed by atoms with E-state index in [1.807, 2.05) is 6.92 Å². The third kappa shape index (κ3) is 5.36. The number of rotatable bonds is 6. The van der Waals surface area contributed by atoms with Crippen LogP contribution in [0.2, 0.25) is 0 Å². The molecule has 146 valence electrons. The average molecular weight is 374 g/mol. The molecular weight excluding hydrogens is 346 g/mol. The molecule has 3 rings (SSSR count). The van der Waals surface area contributed by atoms with Crippen molar-refractivity contribution in [3.8, 4) is 0 Å². The summed E-state index contributed by atoms with van der Waals surface area (Å²) in [6.45, 7) is 7.20. The van der Waals surface area contributed by atoms with Crippen molar-refractivity contribution in [2.75, 3.05) is 13.2 Å². The molecule has 0 aromatic heterocycles. The van der Waals surface area contributed by atoms with Crippen molar-refractivity contribution in [3.63, 3.8) is 0 Å². The quantitative estimate of drug-likeness (QED) is 0.682. The van der Waals surface area contributed by atoms with E-state index in [1.54, 1.807) is 6.92 Å². The molecule has 1 aliphatic rings. The summed E-state index contributed by atoms with van der Waals surface area (Å²) in [4.78, 5) is 0. The van der Waals surface area contributed by atoms with Crippen LogP contribution in [0.25, 0.3) is 0 Å². The van der Waals surface area contributed by atoms with Gasteiger partial charge in [0.05, 0.1) is 13.2 Å². The fraction of sp³-hybridized carbons (Fsp3) is 0.478. The number of ether oxygens (including phenoxy) is 2. The van der Waals surface area contributed by atoms with Crippen molar-refractivity contribution in [3.05, 3.63) is 69.8 Å².